The number of benzene rings is 1. The normalized spacial score (nSPS) is 23.4. The number of sulfone groups is 1. The second kappa shape index (κ2) is 8.06. The zero-order valence-corrected chi connectivity index (χ0v) is 16.5. The number of aromatic nitrogens is 1. The van der Waals surface area contributed by atoms with Crippen molar-refractivity contribution >= 4 is 15.7 Å². The Bertz CT molecular complexity index is 899. The van der Waals surface area contributed by atoms with Gasteiger partial charge in [-0.05, 0) is 24.3 Å². The van der Waals surface area contributed by atoms with Crippen LogP contribution in [0, 0.1) is 5.92 Å². The highest BCUT2D eigenvalue weighted by molar-refractivity contribution is 7.91. The van der Waals surface area contributed by atoms with Gasteiger partial charge in [0.25, 0.3) is 5.91 Å². The van der Waals surface area contributed by atoms with E-state index in [9.17, 15) is 13.2 Å². The van der Waals surface area contributed by atoms with Crippen molar-refractivity contribution in [1.29, 1.82) is 0 Å². The van der Waals surface area contributed by atoms with E-state index >= 15 is 0 Å². The van der Waals surface area contributed by atoms with Crippen LogP contribution < -0.4 is 0 Å². The molecule has 2 bridgehead atoms. The minimum atomic E-state index is -3.32. The van der Waals surface area contributed by atoms with Crippen LogP contribution in [0.2, 0.25) is 0 Å². The summed E-state index contributed by atoms with van der Waals surface area (Å²) < 4.78 is 31.0. The number of nitrogens with zero attached hydrogens (tertiary/aromatic N) is 2. The van der Waals surface area contributed by atoms with Crippen molar-refractivity contribution in [3.05, 3.63) is 54.4 Å². The van der Waals surface area contributed by atoms with Crippen molar-refractivity contribution in [2.75, 3.05) is 45.1 Å². The monoisotopic (exact) mass is 403 g/mol. The minimum absolute atomic E-state index is 0.0238. The van der Waals surface area contributed by atoms with E-state index in [1.54, 1.807) is 36.5 Å². The molecule has 2 fully saturated rings. The SMILES string of the molecule is O=C(c1ccc[nH]1)N1C[C@H]2COC[C@@H]1CN(CCS(=O)(=O)c1ccccc1)C2. The molecule has 2 aliphatic heterocycles. The summed E-state index contributed by atoms with van der Waals surface area (Å²) in [7, 11) is -3.32. The molecule has 2 aliphatic rings. The zero-order valence-electron chi connectivity index (χ0n) is 15.7. The van der Waals surface area contributed by atoms with Crippen LogP contribution in [-0.4, -0.2) is 80.3 Å². The lowest BCUT2D eigenvalue weighted by Crippen LogP contribution is -2.47. The summed E-state index contributed by atoms with van der Waals surface area (Å²) in [6.07, 6.45) is 1.74. The van der Waals surface area contributed by atoms with Crippen LogP contribution in [0.4, 0.5) is 0 Å². The molecule has 1 N–H and O–H groups in total. The molecule has 0 aliphatic carbocycles. The van der Waals surface area contributed by atoms with E-state index in [4.69, 9.17) is 4.74 Å². The van der Waals surface area contributed by atoms with Gasteiger partial charge in [-0.1, -0.05) is 18.2 Å². The largest absolute Gasteiger partial charge is 0.379 e. The van der Waals surface area contributed by atoms with Gasteiger partial charge in [-0.15, -0.1) is 0 Å². The van der Waals surface area contributed by atoms with Crippen molar-refractivity contribution in [2.24, 2.45) is 5.92 Å². The Morgan fingerprint density at radius 3 is 2.64 bits per heavy atom. The van der Waals surface area contributed by atoms with Gasteiger partial charge in [0.15, 0.2) is 9.84 Å². The molecule has 7 nitrogen and oxygen atoms in total. The lowest BCUT2D eigenvalue weighted by molar-refractivity contribution is 0.0448. The topological polar surface area (TPSA) is 82.7 Å². The highest BCUT2D eigenvalue weighted by Gasteiger charge is 2.36. The molecule has 3 heterocycles. The molecular formula is C20H25N3O4S. The van der Waals surface area contributed by atoms with Crippen LogP contribution in [-0.2, 0) is 14.6 Å². The summed E-state index contributed by atoms with van der Waals surface area (Å²) in [5.41, 5.74) is 0.575. The Morgan fingerprint density at radius 1 is 1.07 bits per heavy atom. The fourth-order valence-corrected chi connectivity index (χ4v) is 5.29. The summed E-state index contributed by atoms with van der Waals surface area (Å²) in [4.78, 5) is 20.3. The third-order valence-corrected chi connectivity index (χ3v) is 7.12. The van der Waals surface area contributed by atoms with Crippen molar-refractivity contribution in [3.63, 3.8) is 0 Å². The molecule has 1 aromatic heterocycles. The molecule has 2 saturated heterocycles. The Kier molecular flexibility index (Phi) is 5.52. The Hall–Kier alpha value is -2.16. The number of aromatic amines is 1. The Morgan fingerprint density at radius 2 is 1.89 bits per heavy atom. The predicted octanol–water partition coefficient (Wildman–Crippen LogP) is 1.26. The quantitative estimate of drug-likeness (QED) is 0.813. The van der Waals surface area contributed by atoms with E-state index in [-0.39, 0.29) is 23.6 Å². The van der Waals surface area contributed by atoms with Gasteiger partial charge in [-0.2, -0.15) is 0 Å². The first kappa shape index (κ1) is 19.2. The summed E-state index contributed by atoms with van der Waals surface area (Å²) in [5, 5.41) is 0. The highest BCUT2D eigenvalue weighted by atomic mass is 32.2. The van der Waals surface area contributed by atoms with Crippen LogP contribution in [0.15, 0.2) is 53.6 Å². The molecule has 28 heavy (non-hydrogen) atoms. The summed E-state index contributed by atoms with van der Waals surface area (Å²) in [5.74, 6) is 0.220. The fourth-order valence-electron chi connectivity index (χ4n) is 3.98. The highest BCUT2D eigenvalue weighted by Crippen LogP contribution is 2.22. The van der Waals surface area contributed by atoms with Crippen LogP contribution in [0.5, 0.6) is 0 Å². The summed E-state index contributed by atoms with van der Waals surface area (Å²) >= 11 is 0. The van der Waals surface area contributed by atoms with Gasteiger partial charge in [0.2, 0.25) is 0 Å². The fraction of sp³-hybridized carbons (Fsp3) is 0.450. The number of amides is 1. The van der Waals surface area contributed by atoms with E-state index in [2.05, 4.69) is 9.88 Å². The molecule has 2 aromatic rings. The first-order valence-electron chi connectivity index (χ1n) is 9.55. The molecule has 0 spiro atoms. The van der Waals surface area contributed by atoms with Gasteiger partial charge in [-0.3, -0.25) is 9.69 Å². The van der Waals surface area contributed by atoms with Crippen LogP contribution in [0.1, 0.15) is 10.5 Å². The molecule has 0 radical (unpaired) electrons. The zero-order chi connectivity index (χ0) is 19.6. The lowest BCUT2D eigenvalue weighted by Gasteiger charge is -2.31. The number of hydrogen-bond acceptors (Lipinski definition) is 5. The number of nitrogens with one attached hydrogen (secondary N) is 1. The second-order valence-corrected chi connectivity index (χ2v) is 9.60. The Labute approximate surface area is 165 Å². The number of rotatable bonds is 5. The number of hydrogen-bond donors (Lipinski definition) is 1. The number of carbonyl (C=O) groups is 1. The molecule has 0 saturated carbocycles. The predicted molar refractivity (Wildman–Crippen MR) is 105 cm³/mol. The van der Waals surface area contributed by atoms with Crippen molar-refractivity contribution in [3.8, 4) is 0 Å². The number of fused-ring (bicyclic) bond motifs is 3. The smallest absolute Gasteiger partial charge is 0.270 e. The molecule has 4 rings (SSSR count). The molecule has 8 heteroatoms. The van der Waals surface area contributed by atoms with E-state index in [0.717, 1.165) is 6.54 Å². The maximum absolute atomic E-state index is 12.9. The van der Waals surface area contributed by atoms with Crippen LogP contribution in [0.3, 0.4) is 0 Å². The third-order valence-electron chi connectivity index (χ3n) is 5.41. The van der Waals surface area contributed by atoms with Gasteiger partial charge in [0.05, 0.1) is 29.9 Å². The molecular weight excluding hydrogens is 378 g/mol. The third kappa shape index (κ3) is 4.14. The maximum Gasteiger partial charge on any atom is 0.270 e. The van der Waals surface area contributed by atoms with Gasteiger partial charge < -0.3 is 14.6 Å². The number of ether oxygens (including phenoxy) is 1. The number of H-pyrrole nitrogens is 1. The molecule has 0 unspecified atom stereocenters. The molecule has 2 atom stereocenters. The van der Waals surface area contributed by atoms with Gasteiger partial charge in [-0.25, -0.2) is 8.42 Å². The minimum Gasteiger partial charge on any atom is -0.379 e. The van der Waals surface area contributed by atoms with Crippen LogP contribution >= 0.6 is 0 Å². The van der Waals surface area contributed by atoms with E-state index < -0.39 is 9.84 Å². The van der Waals surface area contributed by atoms with Crippen LogP contribution in [0.25, 0.3) is 0 Å². The van der Waals surface area contributed by atoms with Crippen molar-refractivity contribution < 1.29 is 17.9 Å². The maximum atomic E-state index is 12.9. The van der Waals surface area contributed by atoms with Crippen molar-refractivity contribution in [2.45, 2.75) is 10.9 Å². The molecule has 1 aromatic carbocycles. The average Bonchev–Trinajstić information content (AvgIpc) is 3.08. The first-order valence-corrected chi connectivity index (χ1v) is 11.2. The standard InChI is InChI=1S/C20H25N3O4S/c24-20(19-7-4-8-21-19)23-12-16-11-22(13-17(23)15-27-14-16)9-10-28(25,26)18-5-2-1-3-6-18/h1-8,16-17,21H,9-15H2/t16-,17-/m0/s1. The average molecular weight is 404 g/mol. The summed E-state index contributed by atoms with van der Waals surface area (Å²) in [6.45, 7) is 3.50. The second-order valence-electron chi connectivity index (χ2n) is 7.49. The molecule has 150 valence electrons. The Balaban J connectivity index is 1.45. The van der Waals surface area contributed by atoms with E-state index in [1.165, 1.54) is 0 Å². The van der Waals surface area contributed by atoms with E-state index in [0.29, 0.717) is 43.4 Å². The lowest BCUT2D eigenvalue weighted by atomic mass is 10.1. The molecule has 1 amide bonds. The van der Waals surface area contributed by atoms with Gasteiger partial charge in [0, 0.05) is 38.3 Å². The van der Waals surface area contributed by atoms with Gasteiger partial charge in [0.1, 0.15) is 5.69 Å². The van der Waals surface area contributed by atoms with E-state index in [1.807, 2.05) is 17.0 Å². The number of carbonyl (C=O) groups excluding carboxylic acids is 1. The van der Waals surface area contributed by atoms with Crippen molar-refractivity contribution in [1.82, 2.24) is 14.8 Å². The van der Waals surface area contributed by atoms with Gasteiger partial charge >= 0.3 is 0 Å². The first-order chi connectivity index (χ1) is 13.5. The summed E-state index contributed by atoms with van der Waals surface area (Å²) in [6, 6.07) is 12.1.